The van der Waals surface area contributed by atoms with Crippen LogP contribution in [-0.4, -0.2) is 0 Å². The predicted molar refractivity (Wildman–Crippen MR) is 24.6 cm³/mol. The minimum atomic E-state index is 0.969. The minimum absolute atomic E-state index is 0.969. The Kier molecular flexibility index (Phi) is 4.00. The summed E-state index contributed by atoms with van der Waals surface area (Å²) in [6.07, 6.45) is 4.26. The molecule has 0 fully saturated rings. The highest BCUT2D eigenvalue weighted by atomic mass is 13.7. The van der Waals surface area contributed by atoms with Crippen LogP contribution >= 0.6 is 0 Å². The van der Waals surface area contributed by atoms with E-state index in [1.807, 2.05) is 0 Å². The average molecular weight is 70.1 g/mol. The maximum absolute atomic E-state index is 3.62. The Hall–Kier alpha value is 0. The molecule has 30 valence electrons. The minimum Gasteiger partial charge on any atom is -0.0651 e. The molecule has 0 aliphatic heterocycles. The van der Waals surface area contributed by atoms with Crippen LogP contribution < -0.4 is 0 Å². The van der Waals surface area contributed by atoms with Gasteiger partial charge in [0.15, 0.2) is 0 Å². The van der Waals surface area contributed by atoms with Gasteiger partial charge in [-0.3, -0.25) is 0 Å². The topological polar surface area (TPSA) is 0 Å². The predicted octanol–water partition coefficient (Wildman–Crippen LogP) is 1.82. The lowest BCUT2D eigenvalue weighted by atomic mass is 10.3. The van der Waals surface area contributed by atoms with E-state index in [1.54, 1.807) is 0 Å². The van der Waals surface area contributed by atoms with Crippen LogP contribution in [0.3, 0.4) is 0 Å². The molecule has 0 aliphatic rings. The molecular weight excluding hydrogens is 60.1 g/mol. The molecule has 0 spiro atoms. The summed E-state index contributed by atoms with van der Waals surface area (Å²) in [6, 6.07) is 0. The fourth-order valence-electron chi connectivity index (χ4n) is 0.204. The van der Waals surface area contributed by atoms with Gasteiger partial charge in [-0.15, -0.1) is 0 Å². The first kappa shape index (κ1) is 5.00. The van der Waals surface area contributed by atoms with Crippen molar-refractivity contribution in [1.29, 1.82) is 0 Å². The molecule has 0 aliphatic carbocycles. The van der Waals surface area contributed by atoms with Crippen LogP contribution in [0.5, 0.6) is 0 Å². The Balaban J connectivity index is 2.19. The van der Waals surface area contributed by atoms with E-state index in [0.717, 1.165) is 12.8 Å². The molecule has 0 amide bonds. The van der Waals surface area contributed by atoms with Crippen molar-refractivity contribution in [2.24, 2.45) is 0 Å². The quantitative estimate of drug-likeness (QED) is 0.465. The number of unbranched alkanes of at least 4 members (excludes halogenated alkanes) is 2. The van der Waals surface area contributed by atoms with E-state index in [2.05, 4.69) is 20.3 Å². The fourth-order valence-corrected chi connectivity index (χ4v) is 0.204. The lowest BCUT2D eigenvalue weighted by Crippen LogP contribution is -1.61. The molecule has 0 heterocycles. The van der Waals surface area contributed by atoms with Crippen molar-refractivity contribution < 1.29 is 0 Å². The molecule has 0 unspecified atom stereocenters. The third-order valence-corrected chi connectivity index (χ3v) is 0.493. The highest BCUT2D eigenvalue weighted by Crippen LogP contribution is 1.85. The zero-order chi connectivity index (χ0) is 4.12. The van der Waals surface area contributed by atoms with Gasteiger partial charge in [-0.1, -0.05) is 26.7 Å². The lowest BCUT2D eigenvalue weighted by molar-refractivity contribution is 1.02. The van der Waals surface area contributed by atoms with Gasteiger partial charge in [0.1, 0.15) is 0 Å². The zero-order valence-electron chi connectivity index (χ0n) is 3.70. The summed E-state index contributed by atoms with van der Waals surface area (Å²) in [5.74, 6) is 0. The highest BCUT2D eigenvalue weighted by molar-refractivity contribution is 4.60. The summed E-state index contributed by atoms with van der Waals surface area (Å²) < 4.78 is 0. The Morgan fingerprint density at radius 1 is 1.80 bits per heavy atom. The van der Waals surface area contributed by atoms with Crippen molar-refractivity contribution in [3.63, 3.8) is 0 Å². The Morgan fingerprint density at radius 2 is 2.40 bits per heavy atom. The van der Waals surface area contributed by atoms with Crippen LogP contribution in [0.2, 0.25) is 0 Å². The van der Waals surface area contributed by atoms with Gasteiger partial charge in [0, 0.05) is 0 Å². The van der Waals surface area contributed by atoms with Gasteiger partial charge in [-0.2, -0.15) is 0 Å². The van der Waals surface area contributed by atoms with E-state index in [-0.39, 0.29) is 0 Å². The van der Waals surface area contributed by atoms with Crippen LogP contribution in [0.1, 0.15) is 19.8 Å². The molecular formula is C5H10. The monoisotopic (exact) mass is 70.1 g/mol. The third kappa shape index (κ3) is 4.00. The summed E-state index contributed by atoms with van der Waals surface area (Å²) in [5.41, 5.74) is 0. The third-order valence-electron chi connectivity index (χ3n) is 0.493. The lowest BCUT2D eigenvalue weighted by Gasteiger charge is -1.78. The van der Waals surface area contributed by atoms with Gasteiger partial charge in [-0.25, -0.2) is 0 Å². The standard InChI is InChI=1S/C5H10/c1-3-5-4-2/h5H,1,3-4H2,2H3. The van der Waals surface area contributed by atoms with Crippen LogP contribution in [0.15, 0.2) is 0 Å². The summed E-state index contributed by atoms with van der Waals surface area (Å²) in [7, 11) is 0. The van der Waals surface area contributed by atoms with E-state index in [4.69, 9.17) is 0 Å². The van der Waals surface area contributed by atoms with Crippen LogP contribution in [0.4, 0.5) is 0 Å². The SMILES string of the molecule is [CH2]C[CH]CC. The maximum atomic E-state index is 3.62. The molecule has 0 nitrogen and oxygen atoms in total. The van der Waals surface area contributed by atoms with Gasteiger partial charge in [0.2, 0.25) is 0 Å². The summed E-state index contributed by atoms with van der Waals surface area (Å²) in [6.45, 7) is 5.74. The van der Waals surface area contributed by atoms with Gasteiger partial charge in [0.05, 0.1) is 0 Å². The van der Waals surface area contributed by atoms with Gasteiger partial charge in [0.25, 0.3) is 0 Å². The van der Waals surface area contributed by atoms with Crippen LogP contribution in [0, 0.1) is 13.3 Å². The highest BCUT2D eigenvalue weighted by Gasteiger charge is 1.69. The second-order valence-electron chi connectivity index (χ2n) is 0.986. The molecule has 0 aromatic carbocycles. The van der Waals surface area contributed by atoms with E-state index in [1.165, 1.54) is 0 Å². The molecule has 0 bridgehead atoms. The molecule has 0 heteroatoms. The largest absolute Gasteiger partial charge is 0.0651 e. The normalized spacial score (nSPS) is 8.40. The van der Waals surface area contributed by atoms with Crippen molar-refractivity contribution in [2.45, 2.75) is 19.8 Å². The van der Waals surface area contributed by atoms with Crippen LogP contribution in [0.25, 0.3) is 0 Å². The van der Waals surface area contributed by atoms with Crippen molar-refractivity contribution in [1.82, 2.24) is 0 Å². The molecule has 0 aromatic rings. The van der Waals surface area contributed by atoms with Crippen molar-refractivity contribution in [3.8, 4) is 0 Å². The summed E-state index contributed by atoms with van der Waals surface area (Å²) in [5, 5.41) is 0. The summed E-state index contributed by atoms with van der Waals surface area (Å²) >= 11 is 0. The average Bonchev–Trinajstić information content (AvgIpc) is 1.41. The van der Waals surface area contributed by atoms with E-state index >= 15 is 0 Å². The molecule has 0 saturated carbocycles. The molecule has 0 rings (SSSR count). The van der Waals surface area contributed by atoms with E-state index < -0.39 is 0 Å². The van der Waals surface area contributed by atoms with Crippen molar-refractivity contribution >= 4 is 0 Å². The van der Waals surface area contributed by atoms with E-state index in [9.17, 15) is 0 Å². The van der Waals surface area contributed by atoms with E-state index in [0.29, 0.717) is 0 Å². The van der Waals surface area contributed by atoms with Gasteiger partial charge >= 0.3 is 0 Å². The maximum Gasteiger partial charge on any atom is -0.0389 e. The number of rotatable bonds is 2. The Labute approximate surface area is 34.2 Å². The molecule has 0 aromatic heterocycles. The zero-order valence-corrected chi connectivity index (χ0v) is 3.70. The first-order valence-corrected chi connectivity index (χ1v) is 2.02. The van der Waals surface area contributed by atoms with Crippen LogP contribution in [-0.2, 0) is 0 Å². The smallest absolute Gasteiger partial charge is 0.0389 e. The molecule has 0 N–H and O–H groups in total. The molecule has 0 atom stereocenters. The number of hydrogen-bond acceptors (Lipinski definition) is 0. The first-order valence-electron chi connectivity index (χ1n) is 2.02. The fraction of sp³-hybridized carbons (Fsp3) is 0.600. The van der Waals surface area contributed by atoms with Gasteiger partial charge < -0.3 is 0 Å². The molecule has 5 heavy (non-hydrogen) atoms. The second kappa shape index (κ2) is 4.00. The molecule has 0 saturated heterocycles. The Morgan fingerprint density at radius 3 is 2.40 bits per heavy atom. The first-order chi connectivity index (χ1) is 2.41. The molecule has 2 radical (unpaired) electrons. The van der Waals surface area contributed by atoms with Crippen molar-refractivity contribution in [2.75, 3.05) is 0 Å². The van der Waals surface area contributed by atoms with Crippen molar-refractivity contribution in [3.05, 3.63) is 13.3 Å². The second-order valence-corrected chi connectivity index (χ2v) is 0.986. The summed E-state index contributed by atoms with van der Waals surface area (Å²) in [4.78, 5) is 0. The number of hydrogen-bond donors (Lipinski definition) is 0. The Bertz CT molecular complexity index is 7.51. The van der Waals surface area contributed by atoms with Gasteiger partial charge in [-0.05, 0) is 6.42 Å².